The van der Waals surface area contributed by atoms with Crippen molar-refractivity contribution in [1.29, 1.82) is 0 Å². The fraction of sp³-hybridized carbons (Fsp3) is 0.0526. The lowest BCUT2D eigenvalue weighted by Gasteiger charge is -2.21. The second-order valence-electron chi connectivity index (χ2n) is 5.33. The molecule has 0 spiro atoms. The zero-order chi connectivity index (χ0) is 16.4. The molecule has 0 heterocycles. The standard InChI is InChI=1S/C19H16O4/c20-13-9-12(10-14(21)11-13)19(15-5-1-3-7-17(15)22)16-6-2-4-8-18(16)23/h1-11,19-23H. The Bertz CT molecular complexity index is 777. The highest BCUT2D eigenvalue weighted by atomic mass is 16.3. The number of para-hydroxylation sites is 2. The molecule has 4 nitrogen and oxygen atoms in total. The van der Waals surface area contributed by atoms with Crippen molar-refractivity contribution in [3.05, 3.63) is 83.4 Å². The second-order valence-corrected chi connectivity index (χ2v) is 5.33. The Morgan fingerprint density at radius 3 is 1.43 bits per heavy atom. The van der Waals surface area contributed by atoms with Gasteiger partial charge in [0.05, 0.1) is 0 Å². The van der Waals surface area contributed by atoms with Crippen LogP contribution in [0.25, 0.3) is 0 Å². The van der Waals surface area contributed by atoms with Crippen molar-refractivity contribution in [3.8, 4) is 23.0 Å². The van der Waals surface area contributed by atoms with E-state index in [9.17, 15) is 20.4 Å². The summed E-state index contributed by atoms with van der Waals surface area (Å²) in [6.07, 6.45) is 0. The van der Waals surface area contributed by atoms with E-state index < -0.39 is 5.92 Å². The van der Waals surface area contributed by atoms with E-state index in [-0.39, 0.29) is 23.0 Å². The maximum Gasteiger partial charge on any atom is 0.119 e. The van der Waals surface area contributed by atoms with Crippen LogP contribution in [0.4, 0.5) is 0 Å². The van der Waals surface area contributed by atoms with Crippen molar-refractivity contribution >= 4 is 0 Å². The van der Waals surface area contributed by atoms with Gasteiger partial charge in [0, 0.05) is 23.1 Å². The third-order valence-electron chi connectivity index (χ3n) is 3.75. The van der Waals surface area contributed by atoms with E-state index in [1.165, 1.54) is 18.2 Å². The Morgan fingerprint density at radius 1 is 0.565 bits per heavy atom. The highest BCUT2D eigenvalue weighted by Crippen LogP contribution is 2.41. The fourth-order valence-electron chi connectivity index (χ4n) is 2.77. The van der Waals surface area contributed by atoms with Crippen molar-refractivity contribution in [3.63, 3.8) is 0 Å². The predicted molar refractivity (Wildman–Crippen MR) is 86.9 cm³/mol. The number of phenolic OH excluding ortho intramolecular Hbond substituents is 4. The first-order chi connectivity index (χ1) is 11.1. The molecule has 3 aromatic carbocycles. The first-order valence-electron chi connectivity index (χ1n) is 7.15. The first-order valence-corrected chi connectivity index (χ1v) is 7.15. The minimum atomic E-state index is -0.532. The van der Waals surface area contributed by atoms with Gasteiger partial charge in [-0.2, -0.15) is 0 Å². The monoisotopic (exact) mass is 308 g/mol. The van der Waals surface area contributed by atoms with Crippen LogP contribution in [0, 0.1) is 0 Å². The molecule has 0 radical (unpaired) electrons. The van der Waals surface area contributed by atoms with Crippen LogP contribution in [0.1, 0.15) is 22.6 Å². The van der Waals surface area contributed by atoms with Crippen LogP contribution in [0.5, 0.6) is 23.0 Å². The molecule has 3 aromatic rings. The van der Waals surface area contributed by atoms with Crippen LogP contribution in [-0.2, 0) is 0 Å². The summed E-state index contributed by atoms with van der Waals surface area (Å²) in [5, 5.41) is 40.0. The lowest BCUT2D eigenvalue weighted by Crippen LogP contribution is -2.04. The zero-order valence-electron chi connectivity index (χ0n) is 12.2. The molecule has 0 atom stereocenters. The van der Waals surface area contributed by atoms with Gasteiger partial charge in [-0.3, -0.25) is 0 Å². The van der Waals surface area contributed by atoms with Crippen molar-refractivity contribution in [2.24, 2.45) is 0 Å². The van der Waals surface area contributed by atoms with Crippen LogP contribution < -0.4 is 0 Å². The van der Waals surface area contributed by atoms with Crippen molar-refractivity contribution in [2.75, 3.05) is 0 Å². The molecule has 4 N–H and O–H groups in total. The van der Waals surface area contributed by atoms with Crippen molar-refractivity contribution < 1.29 is 20.4 Å². The summed E-state index contributed by atoms with van der Waals surface area (Å²) in [6.45, 7) is 0. The highest BCUT2D eigenvalue weighted by Gasteiger charge is 2.23. The van der Waals surface area contributed by atoms with Crippen LogP contribution in [0.3, 0.4) is 0 Å². The molecule has 0 aromatic heterocycles. The van der Waals surface area contributed by atoms with E-state index in [1.54, 1.807) is 48.5 Å². The minimum absolute atomic E-state index is 0.0728. The van der Waals surface area contributed by atoms with Crippen LogP contribution in [0.15, 0.2) is 66.7 Å². The summed E-state index contributed by atoms with van der Waals surface area (Å²) < 4.78 is 0. The zero-order valence-corrected chi connectivity index (χ0v) is 12.2. The van der Waals surface area contributed by atoms with Crippen LogP contribution >= 0.6 is 0 Å². The molecule has 4 heteroatoms. The van der Waals surface area contributed by atoms with E-state index >= 15 is 0 Å². The van der Waals surface area contributed by atoms with Gasteiger partial charge in [-0.15, -0.1) is 0 Å². The lowest BCUT2D eigenvalue weighted by atomic mass is 9.84. The number of hydrogen-bond donors (Lipinski definition) is 4. The lowest BCUT2D eigenvalue weighted by molar-refractivity contribution is 0.445. The van der Waals surface area contributed by atoms with E-state index in [0.717, 1.165) is 0 Å². The second kappa shape index (κ2) is 5.93. The van der Waals surface area contributed by atoms with E-state index in [2.05, 4.69) is 0 Å². The van der Waals surface area contributed by atoms with Gasteiger partial charge >= 0.3 is 0 Å². The quantitative estimate of drug-likeness (QED) is 0.556. The van der Waals surface area contributed by atoms with Gasteiger partial charge in [0.1, 0.15) is 23.0 Å². The Kier molecular flexibility index (Phi) is 3.81. The average molecular weight is 308 g/mol. The number of hydrogen-bond acceptors (Lipinski definition) is 4. The molecular formula is C19H16O4. The molecule has 116 valence electrons. The average Bonchev–Trinajstić information content (AvgIpc) is 2.50. The minimum Gasteiger partial charge on any atom is -0.508 e. The number of rotatable bonds is 3. The molecule has 0 aliphatic heterocycles. The molecule has 0 aliphatic rings. The number of phenols is 4. The maximum atomic E-state index is 10.2. The third kappa shape index (κ3) is 2.92. The summed E-state index contributed by atoms with van der Waals surface area (Å²) in [5.41, 5.74) is 1.70. The fourth-order valence-corrected chi connectivity index (χ4v) is 2.77. The third-order valence-corrected chi connectivity index (χ3v) is 3.75. The maximum absolute atomic E-state index is 10.2. The van der Waals surface area contributed by atoms with Crippen molar-refractivity contribution in [1.82, 2.24) is 0 Å². The molecule has 0 amide bonds. The normalized spacial score (nSPS) is 10.8. The smallest absolute Gasteiger partial charge is 0.119 e. The van der Waals surface area contributed by atoms with Gasteiger partial charge < -0.3 is 20.4 Å². The molecule has 23 heavy (non-hydrogen) atoms. The molecule has 0 saturated heterocycles. The Hall–Kier alpha value is -3.14. The summed E-state index contributed by atoms with van der Waals surface area (Å²) in [6, 6.07) is 17.8. The van der Waals surface area contributed by atoms with Crippen molar-refractivity contribution in [2.45, 2.75) is 5.92 Å². The first kappa shape index (κ1) is 14.8. The highest BCUT2D eigenvalue weighted by molar-refractivity contribution is 5.54. The Morgan fingerprint density at radius 2 is 1.00 bits per heavy atom. The molecule has 3 rings (SSSR count). The van der Waals surface area contributed by atoms with Crippen LogP contribution in [-0.4, -0.2) is 20.4 Å². The Labute approximate surface area is 133 Å². The molecule has 0 aliphatic carbocycles. The van der Waals surface area contributed by atoms with E-state index in [0.29, 0.717) is 16.7 Å². The summed E-state index contributed by atoms with van der Waals surface area (Å²) in [7, 11) is 0. The van der Waals surface area contributed by atoms with E-state index in [4.69, 9.17) is 0 Å². The topological polar surface area (TPSA) is 80.9 Å². The van der Waals surface area contributed by atoms with E-state index in [1.807, 2.05) is 0 Å². The molecule has 0 bridgehead atoms. The van der Waals surface area contributed by atoms with Gasteiger partial charge in [0.2, 0.25) is 0 Å². The molecule has 0 unspecified atom stereocenters. The van der Waals surface area contributed by atoms with Gasteiger partial charge in [0.25, 0.3) is 0 Å². The molecule has 0 fully saturated rings. The Balaban J connectivity index is 2.26. The van der Waals surface area contributed by atoms with Gasteiger partial charge in [-0.05, 0) is 29.8 Å². The predicted octanol–water partition coefficient (Wildman–Crippen LogP) is 3.69. The van der Waals surface area contributed by atoms with Crippen LogP contribution in [0.2, 0.25) is 0 Å². The summed E-state index contributed by atoms with van der Waals surface area (Å²) in [4.78, 5) is 0. The number of benzene rings is 3. The van der Waals surface area contributed by atoms with Gasteiger partial charge in [-0.25, -0.2) is 0 Å². The summed E-state index contributed by atoms with van der Waals surface area (Å²) in [5.74, 6) is -0.561. The molecule has 0 saturated carbocycles. The van der Waals surface area contributed by atoms with Gasteiger partial charge in [-0.1, -0.05) is 36.4 Å². The van der Waals surface area contributed by atoms with Gasteiger partial charge in [0.15, 0.2) is 0 Å². The molecular weight excluding hydrogens is 292 g/mol. The number of aromatic hydroxyl groups is 4. The largest absolute Gasteiger partial charge is 0.508 e. The SMILES string of the molecule is Oc1cc(O)cc(C(c2ccccc2O)c2ccccc2O)c1. The summed E-state index contributed by atoms with van der Waals surface area (Å²) >= 11 is 0.